The van der Waals surface area contributed by atoms with Crippen LogP contribution in [0, 0.1) is 17.2 Å². The molecule has 198 valence electrons. The first-order chi connectivity index (χ1) is 18.3. The van der Waals surface area contributed by atoms with E-state index in [0.29, 0.717) is 35.8 Å². The second-order valence-corrected chi connectivity index (χ2v) is 10.4. The summed E-state index contributed by atoms with van der Waals surface area (Å²) in [4.78, 5) is 43.1. The van der Waals surface area contributed by atoms with Gasteiger partial charge in [0.05, 0.1) is 5.56 Å². The Morgan fingerprint density at radius 1 is 1.29 bits per heavy atom. The van der Waals surface area contributed by atoms with E-state index in [1.807, 2.05) is 43.3 Å². The van der Waals surface area contributed by atoms with Gasteiger partial charge in [-0.2, -0.15) is 5.26 Å². The number of likely N-dealkylation sites (N-methyl/N-ethyl adjacent to an activating group) is 1. The zero-order chi connectivity index (χ0) is 27.2. The molecular weight excluding hydrogens is 502 g/mol. The summed E-state index contributed by atoms with van der Waals surface area (Å²) in [5.41, 5.74) is 4.69. The monoisotopic (exact) mass is 533 g/mol. The minimum absolute atomic E-state index is 0.0608. The number of thiazole rings is 1. The van der Waals surface area contributed by atoms with E-state index in [0.717, 1.165) is 47.3 Å². The van der Waals surface area contributed by atoms with Crippen LogP contribution in [0.25, 0.3) is 22.2 Å². The Bertz CT molecular complexity index is 1610. The molecule has 0 atom stereocenters. The Hall–Kier alpha value is -4.10. The molecule has 0 radical (unpaired) electrons. The summed E-state index contributed by atoms with van der Waals surface area (Å²) in [5.74, 6) is -0.112. The molecule has 3 aromatic rings. The van der Waals surface area contributed by atoms with Crippen LogP contribution in [0.3, 0.4) is 0 Å². The van der Waals surface area contributed by atoms with E-state index < -0.39 is 5.91 Å². The Labute approximate surface area is 224 Å². The highest BCUT2D eigenvalue weighted by molar-refractivity contribution is 7.07. The number of nitriles is 1. The van der Waals surface area contributed by atoms with Crippen LogP contribution in [0.15, 0.2) is 35.4 Å². The molecular formula is C27H31N7O3S. The van der Waals surface area contributed by atoms with E-state index in [2.05, 4.69) is 26.7 Å². The third kappa shape index (κ3) is 6.23. The zero-order valence-corrected chi connectivity index (χ0v) is 22.5. The maximum Gasteiger partial charge on any atom is 0.277 e. The molecule has 2 aromatic heterocycles. The van der Waals surface area contributed by atoms with E-state index in [-0.39, 0.29) is 21.6 Å². The maximum atomic E-state index is 12.9. The molecule has 0 unspecified atom stereocenters. The molecule has 0 spiro atoms. The third-order valence-corrected chi connectivity index (χ3v) is 7.33. The molecule has 2 amide bonds. The molecule has 1 aliphatic carbocycles. The molecule has 4 N–H and O–H groups in total. The molecule has 1 aromatic carbocycles. The Balaban J connectivity index is 1.56. The maximum absolute atomic E-state index is 12.9. The molecule has 11 heteroatoms. The summed E-state index contributed by atoms with van der Waals surface area (Å²) >= 11 is 1.07. The summed E-state index contributed by atoms with van der Waals surface area (Å²) < 4.78 is 2.04. The number of amides is 2. The fourth-order valence-electron chi connectivity index (χ4n) is 3.89. The van der Waals surface area contributed by atoms with Gasteiger partial charge in [0.1, 0.15) is 15.3 Å². The Morgan fingerprint density at radius 2 is 2.08 bits per heavy atom. The first-order valence-corrected chi connectivity index (χ1v) is 13.3. The molecule has 4 rings (SSSR count). The Kier molecular flexibility index (Phi) is 8.48. The number of hydrogen-bond acceptors (Lipinski definition) is 7. The lowest BCUT2D eigenvalue weighted by Crippen LogP contribution is -2.34. The van der Waals surface area contributed by atoms with Crippen LogP contribution in [-0.4, -0.2) is 60.0 Å². The van der Waals surface area contributed by atoms with Gasteiger partial charge in [-0.05, 0) is 58.0 Å². The van der Waals surface area contributed by atoms with Gasteiger partial charge < -0.3 is 25.8 Å². The standard InChI is InChI=1S/C27H31N7O3S/c1-4-34-26(37)23(38-27(34)20(14-28)24(35)32-15-17-5-6-17)9-10-29-18-7-8-19-21(16-31-22(19)13-18)25(36)30-11-12-33(2)3/h7-8,10,13,16-17,29,31H,4-6,11-12,15H2,1-3H3,(H,30,36)(H,32,35)/b27-20-. The van der Waals surface area contributed by atoms with Gasteiger partial charge in [-0.15, -0.1) is 11.3 Å². The summed E-state index contributed by atoms with van der Waals surface area (Å²) in [5, 5.41) is 19.3. The minimum atomic E-state index is -0.457. The lowest BCUT2D eigenvalue weighted by atomic mass is 10.1. The molecule has 2 heterocycles. The van der Waals surface area contributed by atoms with Gasteiger partial charge in [0.2, 0.25) is 0 Å². The SMILES string of the molecule is CCn1c(=O)c(=C=CNc2ccc3c(C(=O)NCCN(C)C)c[nH]c3c2)s/c1=C(/C#N)C(=O)NCC1CC1. The molecule has 38 heavy (non-hydrogen) atoms. The van der Waals surface area contributed by atoms with E-state index in [1.165, 1.54) is 10.8 Å². The van der Waals surface area contributed by atoms with Crippen LogP contribution >= 0.6 is 11.3 Å². The largest absolute Gasteiger partial charge is 0.360 e. The van der Waals surface area contributed by atoms with Crippen LogP contribution in [-0.2, 0) is 11.3 Å². The number of hydrogen-bond donors (Lipinski definition) is 4. The van der Waals surface area contributed by atoms with Gasteiger partial charge in [0.15, 0.2) is 5.57 Å². The summed E-state index contributed by atoms with van der Waals surface area (Å²) in [6, 6.07) is 7.52. The number of aromatic nitrogens is 2. The van der Waals surface area contributed by atoms with Crippen molar-refractivity contribution >= 4 is 51.0 Å². The fraction of sp³-hybridized carbons (Fsp3) is 0.370. The average Bonchev–Trinajstić information content (AvgIpc) is 3.55. The van der Waals surface area contributed by atoms with Gasteiger partial charge in [-0.1, -0.05) is 5.73 Å². The number of H-pyrrole nitrogens is 1. The molecule has 0 aliphatic heterocycles. The van der Waals surface area contributed by atoms with Crippen LogP contribution < -0.4 is 30.7 Å². The van der Waals surface area contributed by atoms with Crippen LogP contribution in [0.4, 0.5) is 5.69 Å². The third-order valence-electron chi connectivity index (χ3n) is 6.21. The van der Waals surface area contributed by atoms with E-state index >= 15 is 0 Å². The van der Waals surface area contributed by atoms with Crippen molar-refractivity contribution in [1.29, 1.82) is 5.26 Å². The van der Waals surface area contributed by atoms with Crippen molar-refractivity contribution in [1.82, 2.24) is 25.1 Å². The molecule has 1 aliphatic rings. The van der Waals surface area contributed by atoms with Crippen molar-refractivity contribution in [3.05, 3.63) is 55.7 Å². The summed E-state index contributed by atoms with van der Waals surface area (Å²) in [7, 11) is 3.90. The molecule has 10 nitrogen and oxygen atoms in total. The fourth-order valence-corrected chi connectivity index (χ4v) is 4.97. The van der Waals surface area contributed by atoms with Gasteiger partial charge >= 0.3 is 0 Å². The van der Waals surface area contributed by atoms with Crippen molar-refractivity contribution in [3.8, 4) is 6.07 Å². The number of nitrogens with zero attached hydrogens (tertiary/aromatic N) is 3. The number of carbonyl (C=O) groups is 2. The first-order valence-electron chi connectivity index (χ1n) is 12.5. The number of benzene rings is 1. The second-order valence-electron chi connectivity index (χ2n) is 9.38. The molecule has 0 bridgehead atoms. The highest BCUT2D eigenvalue weighted by Gasteiger charge is 2.23. The molecule has 0 saturated heterocycles. The van der Waals surface area contributed by atoms with Crippen LogP contribution in [0.1, 0.15) is 30.1 Å². The van der Waals surface area contributed by atoms with Gasteiger partial charge in [0.25, 0.3) is 17.4 Å². The lowest BCUT2D eigenvalue weighted by molar-refractivity contribution is -0.115. The predicted molar refractivity (Wildman–Crippen MR) is 149 cm³/mol. The van der Waals surface area contributed by atoms with Crippen molar-refractivity contribution in [2.24, 2.45) is 5.92 Å². The van der Waals surface area contributed by atoms with Crippen molar-refractivity contribution in [2.45, 2.75) is 26.3 Å². The molecule has 1 fully saturated rings. The quantitative estimate of drug-likeness (QED) is 0.306. The minimum Gasteiger partial charge on any atom is -0.360 e. The second kappa shape index (κ2) is 12.0. The normalized spacial score (nSPS) is 13.6. The van der Waals surface area contributed by atoms with Crippen molar-refractivity contribution in [2.75, 3.05) is 39.0 Å². The van der Waals surface area contributed by atoms with Gasteiger partial charge in [0, 0.05) is 55.2 Å². The van der Waals surface area contributed by atoms with Crippen molar-refractivity contribution in [3.63, 3.8) is 0 Å². The number of fused-ring (bicyclic) bond motifs is 1. The highest BCUT2D eigenvalue weighted by atomic mass is 32.1. The van der Waals surface area contributed by atoms with E-state index in [9.17, 15) is 19.6 Å². The Morgan fingerprint density at radius 3 is 2.76 bits per heavy atom. The number of nitrogens with one attached hydrogen (secondary N) is 4. The average molecular weight is 534 g/mol. The summed E-state index contributed by atoms with van der Waals surface area (Å²) in [6.45, 7) is 3.98. The van der Waals surface area contributed by atoms with Gasteiger partial charge in [-0.25, -0.2) is 0 Å². The number of rotatable bonds is 10. The molecule has 1 saturated carbocycles. The van der Waals surface area contributed by atoms with E-state index in [4.69, 9.17) is 0 Å². The number of carbonyl (C=O) groups excluding carboxylic acids is 2. The topological polar surface area (TPSA) is 135 Å². The van der Waals surface area contributed by atoms with Gasteiger partial charge in [-0.3, -0.25) is 19.0 Å². The summed E-state index contributed by atoms with van der Waals surface area (Å²) in [6.07, 6.45) is 5.38. The van der Waals surface area contributed by atoms with E-state index in [1.54, 1.807) is 13.1 Å². The van der Waals surface area contributed by atoms with Crippen molar-refractivity contribution < 1.29 is 9.59 Å². The number of anilines is 1. The van der Waals surface area contributed by atoms with Crippen LogP contribution in [0.5, 0.6) is 0 Å². The van der Waals surface area contributed by atoms with Crippen LogP contribution in [0.2, 0.25) is 0 Å². The number of aromatic amines is 1. The highest BCUT2D eigenvalue weighted by Crippen LogP contribution is 2.27. The lowest BCUT2D eigenvalue weighted by Gasteiger charge is -2.10. The smallest absolute Gasteiger partial charge is 0.277 e. The predicted octanol–water partition coefficient (Wildman–Crippen LogP) is 0.908. The zero-order valence-electron chi connectivity index (χ0n) is 21.7. The first kappa shape index (κ1) is 26.9.